The zero-order valence-corrected chi connectivity index (χ0v) is 24.2. The average Bonchev–Trinajstić information content (AvgIpc) is 3.40. The highest BCUT2D eigenvalue weighted by Gasteiger charge is 2.13. The number of fused-ring (bicyclic) bond motifs is 1. The van der Waals surface area contributed by atoms with Crippen molar-refractivity contribution in [2.75, 3.05) is 5.32 Å². The predicted molar refractivity (Wildman–Crippen MR) is 168 cm³/mol. The van der Waals surface area contributed by atoms with Crippen LogP contribution in [0.4, 0.5) is 5.82 Å². The molecular weight excluding hydrogens is 598 g/mol. The van der Waals surface area contributed by atoms with Crippen molar-refractivity contribution >= 4 is 44.9 Å². The van der Waals surface area contributed by atoms with Gasteiger partial charge in [0.2, 0.25) is 0 Å². The van der Waals surface area contributed by atoms with Crippen molar-refractivity contribution in [2.45, 2.75) is 13.1 Å². The number of aromatic nitrogens is 3. The van der Waals surface area contributed by atoms with Gasteiger partial charge in [-0.15, -0.1) is 0 Å². The first kappa shape index (κ1) is 26.7. The third kappa shape index (κ3) is 6.01. The lowest BCUT2D eigenvalue weighted by Crippen LogP contribution is -2.22. The lowest BCUT2D eigenvalue weighted by atomic mass is 10.0. The van der Waals surface area contributed by atoms with Crippen molar-refractivity contribution < 1.29 is 4.79 Å². The molecule has 0 bridgehead atoms. The Bertz CT molecular complexity index is 1820. The van der Waals surface area contributed by atoms with Gasteiger partial charge < -0.3 is 10.6 Å². The molecule has 202 valence electrons. The van der Waals surface area contributed by atoms with Crippen molar-refractivity contribution in [1.29, 1.82) is 0 Å². The van der Waals surface area contributed by atoms with Crippen LogP contribution in [0.1, 0.15) is 21.5 Å². The second-order valence-corrected chi connectivity index (χ2v) is 10.8. The Kier molecular flexibility index (Phi) is 7.80. The molecule has 6 rings (SSSR count). The largest absolute Gasteiger partial charge is 0.366 e. The molecule has 41 heavy (non-hydrogen) atoms. The smallest absolute Gasteiger partial charge is 0.251 e. The summed E-state index contributed by atoms with van der Waals surface area (Å²) in [5, 5.41) is 11.6. The molecule has 0 atom stereocenters. The Hall–Kier alpha value is -4.46. The zero-order valence-electron chi connectivity index (χ0n) is 21.9. The summed E-state index contributed by atoms with van der Waals surface area (Å²) in [6, 6.07) is 35.5. The van der Waals surface area contributed by atoms with E-state index in [2.05, 4.69) is 55.9 Å². The highest BCUT2D eigenvalue weighted by molar-refractivity contribution is 9.10. The molecule has 2 N–H and O–H groups in total. The third-order valence-corrected chi connectivity index (χ3v) is 7.67. The van der Waals surface area contributed by atoms with Gasteiger partial charge in [-0.2, -0.15) is 9.61 Å². The van der Waals surface area contributed by atoms with Crippen LogP contribution in [0.3, 0.4) is 0 Å². The topological polar surface area (TPSA) is 71.3 Å². The second kappa shape index (κ2) is 12.0. The number of halogens is 2. The monoisotopic (exact) mass is 621 g/mol. The van der Waals surface area contributed by atoms with Gasteiger partial charge in [-0.1, -0.05) is 96.5 Å². The summed E-state index contributed by atoms with van der Waals surface area (Å²) in [7, 11) is 0. The van der Waals surface area contributed by atoms with Gasteiger partial charge in [-0.05, 0) is 56.4 Å². The molecule has 2 aromatic heterocycles. The normalized spacial score (nSPS) is 11.0. The number of carbonyl (C=O) groups excluding carboxylic acids is 1. The Morgan fingerprint density at radius 1 is 0.805 bits per heavy atom. The van der Waals surface area contributed by atoms with Crippen molar-refractivity contribution in [3.63, 3.8) is 0 Å². The summed E-state index contributed by atoms with van der Waals surface area (Å²) in [4.78, 5) is 17.5. The third-order valence-electron chi connectivity index (χ3n) is 6.78. The molecule has 1 amide bonds. The minimum atomic E-state index is -0.100. The minimum absolute atomic E-state index is 0.100. The molecule has 0 aliphatic heterocycles. The fourth-order valence-electron chi connectivity index (χ4n) is 4.57. The summed E-state index contributed by atoms with van der Waals surface area (Å²) in [6.07, 6.45) is 1.73. The quantitative estimate of drug-likeness (QED) is 0.180. The summed E-state index contributed by atoms with van der Waals surface area (Å²) in [5.74, 6) is 0.696. The van der Waals surface area contributed by atoms with Crippen LogP contribution in [-0.4, -0.2) is 20.5 Å². The fourth-order valence-corrected chi connectivity index (χ4v) is 5.15. The van der Waals surface area contributed by atoms with E-state index in [-0.39, 0.29) is 5.91 Å². The predicted octanol–water partition coefficient (Wildman–Crippen LogP) is 8.02. The number of hydrogen-bond donors (Lipinski definition) is 2. The summed E-state index contributed by atoms with van der Waals surface area (Å²) >= 11 is 10.00. The van der Waals surface area contributed by atoms with Gasteiger partial charge in [0.1, 0.15) is 5.82 Å². The fraction of sp³-hybridized carbons (Fsp3) is 0.0606. The summed E-state index contributed by atoms with van der Waals surface area (Å²) in [5.41, 5.74) is 7.26. The lowest BCUT2D eigenvalue weighted by Gasteiger charge is -2.12. The van der Waals surface area contributed by atoms with E-state index in [1.807, 2.05) is 84.9 Å². The molecule has 0 radical (unpaired) electrons. The van der Waals surface area contributed by atoms with E-state index >= 15 is 0 Å². The molecule has 0 saturated carbocycles. The Labute approximate surface area is 251 Å². The maximum absolute atomic E-state index is 12.7. The molecule has 0 saturated heterocycles. The first-order valence-electron chi connectivity index (χ1n) is 13.1. The maximum Gasteiger partial charge on any atom is 0.251 e. The molecule has 6 nitrogen and oxygen atoms in total. The molecule has 2 heterocycles. The second-order valence-electron chi connectivity index (χ2n) is 9.53. The van der Waals surface area contributed by atoms with E-state index in [9.17, 15) is 4.79 Å². The van der Waals surface area contributed by atoms with E-state index in [0.29, 0.717) is 29.3 Å². The number of anilines is 1. The SMILES string of the molecule is O=C(NCc1ccc(CNc2cc(-c3ccccc3Cl)nc3c(Br)cnn23)cc1)c1ccc(-c2ccccc2)cc1. The lowest BCUT2D eigenvalue weighted by molar-refractivity contribution is 0.0951. The molecular formula is C33H25BrClN5O. The van der Waals surface area contributed by atoms with Gasteiger partial charge in [0.15, 0.2) is 5.65 Å². The van der Waals surface area contributed by atoms with Crippen LogP contribution < -0.4 is 10.6 Å². The molecule has 0 aliphatic rings. The zero-order chi connectivity index (χ0) is 28.2. The van der Waals surface area contributed by atoms with Gasteiger partial charge in [0.25, 0.3) is 5.91 Å². The maximum atomic E-state index is 12.7. The molecule has 0 fully saturated rings. The van der Waals surface area contributed by atoms with E-state index < -0.39 is 0 Å². The number of benzene rings is 4. The molecule has 8 heteroatoms. The van der Waals surface area contributed by atoms with E-state index in [0.717, 1.165) is 43.8 Å². The summed E-state index contributed by atoms with van der Waals surface area (Å²) < 4.78 is 2.56. The van der Waals surface area contributed by atoms with Gasteiger partial charge in [-0.25, -0.2) is 4.98 Å². The standard InChI is InChI=1S/C33H25BrClN5O/c34-28-21-38-40-31(18-30(39-32(28)40)27-8-4-5-9-29(27)35)36-19-22-10-12-23(13-11-22)20-37-33(41)26-16-14-25(15-17-26)24-6-2-1-3-7-24/h1-18,21,36H,19-20H2,(H,37,41). The van der Waals surface area contributed by atoms with Gasteiger partial charge in [0, 0.05) is 35.3 Å². The first-order chi connectivity index (χ1) is 20.0. The number of amides is 1. The highest BCUT2D eigenvalue weighted by atomic mass is 79.9. The van der Waals surface area contributed by atoms with E-state index in [4.69, 9.17) is 16.6 Å². The number of nitrogens with one attached hydrogen (secondary N) is 2. The van der Waals surface area contributed by atoms with Crippen LogP contribution in [0.25, 0.3) is 28.0 Å². The van der Waals surface area contributed by atoms with E-state index in [1.54, 1.807) is 10.7 Å². The van der Waals surface area contributed by atoms with Crippen molar-refractivity contribution in [1.82, 2.24) is 19.9 Å². The Balaban J connectivity index is 1.10. The van der Waals surface area contributed by atoms with Crippen LogP contribution in [0.2, 0.25) is 5.02 Å². The number of carbonyl (C=O) groups is 1. The van der Waals surface area contributed by atoms with Crippen LogP contribution in [0.15, 0.2) is 120 Å². The molecule has 0 spiro atoms. The van der Waals surface area contributed by atoms with Crippen molar-refractivity contribution in [3.8, 4) is 22.4 Å². The van der Waals surface area contributed by atoms with E-state index in [1.165, 1.54) is 0 Å². The van der Waals surface area contributed by atoms with Gasteiger partial charge >= 0.3 is 0 Å². The number of rotatable bonds is 8. The van der Waals surface area contributed by atoms with Crippen molar-refractivity contribution in [2.24, 2.45) is 0 Å². The highest BCUT2D eigenvalue weighted by Crippen LogP contribution is 2.30. The molecule has 6 aromatic rings. The molecule has 0 unspecified atom stereocenters. The molecule has 4 aromatic carbocycles. The minimum Gasteiger partial charge on any atom is -0.366 e. The first-order valence-corrected chi connectivity index (χ1v) is 14.3. The number of nitrogens with zero attached hydrogens (tertiary/aromatic N) is 3. The van der Waals surface area contributed by atoms with Crippen LogP contribution in [0.5, 0.6) is 0 Å². The number of hydrogen-bond acceptors (Lipinski definition) is 4. The van der Waals surface area contributed by atoms with Crippen molar-refractivity contribution in [3.05, 3.63) is 142 Å². The molecule has 0 aliphatic carbocycles. The Morgan fingerprint density at radius 3 is 2.20 bits per heavy atom. The van der Waals surface area contributed by atoms with Crippen LogP contribution in [0, 0.1) is 0 Å². The summed E-state index contributed by atoms with van der Waals surface area (Å²) in [6.45, 7) is 1.03. The Morgan fingerprint density at radius 2 is 1.46 bits per heavy atom. The van der Waals surface area contributed by atoms with Gasteiger partial charge in [0.05, 0.1) is 16.4 Å². The average molecular weight is 623 g/mol. The van der Waals surface area contributed by atoms with Gasteiger partial charge in [-0.3, -0.25) is 4.79 Å². The van der Waals surface area contributed by atoms with Crippen LogP contribution in [-0.2, 0) is 13.1 Å². The van der Waals surface area contributed by atoms with Crippen LogP contribution >= 0.6 is 27.5 Å².